The molecule has 0 amide bonds. The van der Waals surface area contributed by atoms with Crippen LogP contribution in [0.5, 0.6) is 0 Å². The van der Waals surface area contributed by atoms with Gasteiger partial charge in [-0.3, -0.25) is 4.98 Å². The summed E-state index contributed by atoms with van der Waals surface area (Å²) < 4.78 is 0. The summed E-state index contributed by atoms with van der Waals surface area (Å²) in [6.45, 7) is 0.833. The summed E-state index contributed by atoms with van der Waals surface area (Å²) in [7, 11) is 0. The minimum Gasteiger partial charge on any atom is -0.340 e. The molecule has 14 heavy (non-hydrogen) atoms. The molecule has 2 aromatic rings. The number of pyridine rings is 1. The SMILES string of the molecule is c1cc2nc(CNC3CC3)[nH]c2cn1. The summed E-state index contributed by atoms with van der Waals surface area (Å²) in [4.78, 5) is 11.7. The molecule has 3 rings (SSSR count). The van der Waals surface area contributed by atoms with Gasteiger partial charge in [-0.05, 0) is 18.9 Å². The third-order valence-electron chi connectivity index (χ3n) is 2.47. The second kappa shape index (κ2) is 3.06. The molecule has 1 saturated carbocycles. The average molecular weight is 188 g/mol. The van der Waals surface area contributed by atoms with Gasteiger partial charge >= 0.3 is 0 Å². The first-order valence-electron chi connectivity index (χ1n) is 4.94. The Hall–Kier alpha value is -1.42. The summed E-state index contributed by atoms with van der Waals surface area (Å²) in [5.41, 5.74) is 2.01. The van der Waals surface area contributed by atoms with E-state index < -0.39 is 0 Å². The number of H-pyrrole nitrogens is 1. The van der Waals surface area contributed by atoms with Crippen LogP contribution in [0.15, 0.2) is 18.5 Å². The molecule has 2 N–H and O–H groups in total. The lowest BCUT2D eigenvalue weighted by Gasteiger charge is -1.96. The lowest BCUT2D eigenvalue weighted by molar-refractivity contribution is 0.665. The highest BCUT2D eigenvalue weighted by atomic mass is 15.0. The molecule has 0 bridgehead atoms. The number of nitrogens with one attached hydrogen (secondary N) is 2. The maximum Gasteiger partial charge on any atom is 0.121 e. The largest absolute Gasteiger partial charge is 0.340 e. The highest BCUT2D eigenvalue weighted by Crippen LogP contribution is 2.19. The molecule has 0 atom stereocenters. The van der Waals surface area contributed by atoms with E-state index >= 15 is 0 Å². The molecule has 0 aromatic carbocycles. The Kier molecular flexibility index (Phi) is 1.73. The van der Waals surface area contributed by atoms with Gasteiger partial charge in [-0.2, -0.15) is 0 Å². The Morgan fingerprint density at radius 1 is 1.50 bits per heavy atom. The van der Waals surface area contributed by atoms with E-state index in [9.17, 15) is 0 Å². The number of hydrogen-bond acceptors (Lipinski definition) is 3. The number of aromatic amines is 1. The van der Waals surface area contributed by atoms with Crippen LogP contribution in [-0.2, 0) is 6.54 Å². The number of fused-ring (bicyclic) bond motifs is 1. The van der Waals surface area contributed by atoms with Crippen molar-refractivity contribution < 1.29 is 0 Å². The van der Waals surface area contributed by atoms with Crippen LogP contribution in [0.25, 0.3) is 11.0 Å². The Labute approximate surface area is 81.8 Å². The van der Waals surface area contributed by atoms with Crippen molar-refractivity contribution in [2.45, 2.75) is 25.4 Å². The van der Waals surface area contributed by atoms with Crippen molar-refractivity contribution in [2.75, 3.05) is 0 Å². The van der Waals surface area contributed by atoms with Crippen LogP contribution in [0.4, 0.5) is 0 Å². The van der Waals surface area contributed by atoms with E-state index in [0.717, 1.165) is 29.4 Å². The first kappa shape index (κ1) is 7.94. The number of imidazole rings is 1. The van der Waals surface area contributed by atoms with Gasteiger partial charge in [0.05, 0.1) is 23.8 Å². The van der Waals surface area contributed by atoms with Gasteiger partial charge in [0, 0.05) is 12.2 Å². The zero-order valence-corrected chi connectivity index (χ0v) is 7.83. The van der Waals surface area contributed by atoms with Crippen LogP contribution in [0.3, 0.4) is 0 Å². The van der Waals surface area contributed by atoms with E-state index in [-0.39, 0.29) is 0 Å². The van der Waals surface area contributed by atoms with Gasteiger partial charge in [-0.25, -0.2) is 4.98 Å². The first-order valence-corrected chi connectivity index (χ1v) is 4.94. The molecule has 4 heteroatoms. The van der Waals surface area contributed by atoms with Gasteiger partial charge in [0.15, 0.2) is 0 Å². The van der Waals surface area contributed by atoms with Gasteiger partial charge < -0.3 is 10.3 Å². The fraction of sp³-hybridized carbons (Fsp3) is 0.400. The van der Waals surface area contributed by atoms with E-state index in [1.165, 1.54) is 12.8 Å². The zero-order chi connectivity index (χ0) is 9.38. The lowest BCUT2D eigenvalue weighted by atomic mass is 10.4. The van der Waals surface area contributed by atoms with Crippen LogP contribution in [0, 0.1) is 0 Å². The molecule has 1 aliphatic rings. The van der Waals surface area contributed by atoms with Crippen LogP contribution >= 0.6 is 0 Å². The van der Waals surface area contributed by atoms with Gasteiger partial charge in [0.1, 0.15) is 5.82 Å². The summed E-state index contributed by atoms with van der Waals surface area (Å²) >= 11 is 0. The van der Waals surface area contributed by atoms with E-state index in [0.29, 0.717) is 0 Å². The Bertz CT molecular complexity index is 411. The van der Waals surface area contributed by atoms with Crippen molar-refractivity contribution in [1.29, 1.82) is 0 Å². The van der Waals surface area contributed by atoms with E-state index in [2.05, 4.69) is 20.3 Å². The monoisotopic (exact) mass is 188 g/mol. The van der Waals surface area contributed by atoms with Crippen molar-refractivity contribution in [1.82, 2.24) is 20.3 Å². The minimum atomic E-state index is 0.723. The molecule has 72 valence electrons. The molecule has 0 aliphatic heterocycles. The molecule has 4 nitrogen and oxygen atoms in total. The van der Waals surface area contributed by atoms with E-state index in [4.69, 9.17) is 0 Å². The quantitative estimate of drug-likeness (QED) is 0.761. The van der Waals surface area contributed by atoms with Crippen molar-refractivity contribution in [3.63, 3.8) is 0 Å². The second-order valence-corrected chi connectivity index (χ2v) is 3.73. The molecule has 0 spiro atoms. The molecule has 1 fully saturated rings. The molecule has 0 radical (unpaired) electrons. The Morgan fingerprint density at radius 3 is 3.21 bits per heavy atom. The number of nitrogens with zero attached hydrogens (tertiary/aromatic N) is 2. The van der Waals surface area contributed by atoms with Crippen LogP contribution < -0.4 is 5.32 Å². The maximum atomic E-state index is 4.45. The smallest absolute Gasteiger partial charge is 0.121 e. The van der Waals surface area contributed by atoms with Crippen LogP contribution in [-0.4, -0.2) is 21.0 Å². The number of aromatic nitrogens is 3. The van der Waals surface area contributed by atoms with Crippen molar-refractivity contribution in [3.8, 4) is 0 Å². The third kappa shape index (κ3) is 1.48. The molecule has 2 aromatic heterocycles. The molecule has 0 saturated heterocycles. The highest BCUT2D eigenvalue weighted by molar-refractivity contribution is 5.73. The zero-order valence-electron chi connectivity index (χ0n) is 7.83. The fourth-order valence-corrected chi connectivity index (χ4v) is 1.52. The van der Waals surface area contributed by atoms with Gasteiger partial charge in [0.25, 0.3) is 0 Å². The standard InChI is InChI=1S/C10H12N4/c1-2-7(1)12-6-10-13-8-3-4-11-5-9(8)14-10/h3-5,7,12H,1-2,6H2,(H,13,14). The Morgan fingerprint density at radius 2 is 2.43 bits per heavy atom. The van der Waals surface area contributed by atoms with E-state index in [1.807, 2.05) is 12.3 Å². The highest BCUT2D eigenvalue weighted by Gasteiger charge is 2.20. The van der Waals surface area contributed by atoms with Crippen molar-refractivity contribution in [3.05, 3.63) is 24.3 Å². The maximum absolute atomic E-state index is 4.45. The summed E-state index contributed by atoms with van der Waals surface area (Å²) in [6.07, 6.45) is 6.19. The molecule has 0 unspecified atom stereocenters. The average Bonchev–Trinajstić information content (AvgIpc) is 2.94. The third-order valence-corrected chi connectivity index (χ3v) is 2.47. The predicted molar refractivity (Wildman–Crippen MR) is 53.8 cm³/mol. The molecular weight excluding hydrogens is 176 g/mol. The molecule has 1 aliphatic carbocycles. The van der Waals surface area contributed by atoms with Crippen LogP contribution in [0.2, 0.25) is 0 Å². The summed E-state index contributed by atoms with van der Waals surface area (Å²) in [5, 5.41) is 3.42. The number of rotatable bonds is 3. The molecule has 2 heterocycles. The van der Waals surface area contributed by atoms with Crippen LogP contribution in [0.1, 0.15) is 18.7 Å². The normalized spacial score (nSPS) is 16.3. The molecular formula is C10H12N4. The van der Waals surface area contributed by atoms with Crippen molar-refractivity contribution in [2.24, 2.45) is 0 Å². The van der Waals surface area contributed by atoms with E-state index in [1.54, 1.807) is 6.20 Å². The second-order valence-electron chi connectivity index (χ2n) is 3.73. The van der Waals surface area contributed by atoms with Gasteiger partial charge in [0.2, 0.25) is 0 Å². The predicted octanol–water partition coefficient (Wildman–Crippen LogP) is 1.21. The minimum absolute atomic E-state index is 0.723. The fourth-order valence-electron chi connectivity index (χ4n) is 1.52. The first-order chi connectivity index (χ1) is 6.92. The number of hydrogen-bond donors (Lipinski definition) is 2. The lowest BCUT2D eigenvalue weighted by Crippen LogP contribution is -2.16. The summed E-state index contributed by atoms with van der Waals surface area (Å²) in [6, 6.07) is 2.65. The van der Waals surface area contributed by atoms with Gasteiger partial charge in [-0.1, -0.05) is 0 Å². The van der Waals surface area contributed by atoms with Crippen molar-refractivity contribution >= 4 is 11.0 Å². The Balaban J connectivity index is 1.82. The summed E-state index contributed by atoms with van der Waals surface area (Å²) in [5.74, 6) is 1.000. The van der Waals surface area contributed by atoms with Gasteiger partial charge in [-0.15, -0.1) is 0 Å². The topological polar surface area (TPSA) is 53.6 Å².